The number of hydrogen-bond acceptors (Lipinski definition) is 4. The van der Waals surface area contributed by atoms with Crippen molar-refractivity contribution in [2.75, 3.05) is 6.61 Å². The van der Waals surface area contributed by atoms with Gasteiger partial charge in [-0.1, -0.05) is 13.0 Å². The summed E-state index contributed by atoms with van der Waals surface area (Å²) in [7, 11) is 0. The van der Waals surface area contributed by atoms with E-state index in [4.69, 9.17) is 4.74 Å². The smallest absolute Gasteiger partial charge is 0.422 e. The summed E-state index contributed by atoms with van der Waals surface area (Å²) in [6, 6.07) is 3.51. The highest BCUT2D eigenvalue weighted by atomic mass is 16.5. The number of ether oxygens (including phenoxy) is 1. The molecule has 148 valence electrons. The van der Waals surface area contributed by atoms with Crippen LogP contribution in [0, 0.1) is 17.3 Å². The predicted molar refractivity (Wildman–Crippen MR) is 102 cm³/mol. The van der Waals surface area contributed by atoms with Crippen LogP contribution < -0.4 is 0 Å². The molecule has 0 aliphatic heterocycles. The molecule has 4 atom stereocenters. The maximum atomic E-state index is 12.5. The Hall–Kier alpha value is -2.46. The van der Waals surface area contributed by atoms with E-state index >= 15 is 0 Å². The number of fused-ring (bicyclic) bond motifs is 5. The molecule has 2 fully saturated rings. The molecule has 1 aromatic carbocycles. The summed E-state index contributed by atoms with van der Waals surface area (Å²) >= 11 is 0. The van der Waals surface area contributed by atoms with Gasteiger partial charge in [-0.2, -0.15) is 4.79 Å². The van der Waals surface area contributed by atoms with Gasteiger partial charge in [-0.15, -0.1) is 0 Å². The summed E-state index contributed by atoms with van der Waals surface area (Å²) in [5.41, 5.74) is 11.3. The Kier molecular flexibility index (Phi) is 4.62. The number of carbonyl (C=O) groups excluding carboxylic acids is 2. The average molecular weight is 382 g/mol. The second-order valence-electron chi connectivity index (χ2n) is 8.53. The highest BCUT2D eigenvalue weighted by Gasteiger charge is 2.55. The third-order valence-corrected chi connectivity index (χ3v) is 7.41. The maximum Gasteiger partial charge on any atom is 0.422 e. The Morgan fingerprint density at radius 3 is 2.82 bits per heavy atom. The van der Waals surface area contributed by atoms with E-state index in [0.29, 0.717) is 36.4 Å². The van der Waals surface area contributed by atoms with Gasteiger partial charge in [0.2, 0.25) is 0 Å². The number of Topliss-reactive ketones (excluding diaryl/α,β-unsaturated/α-hetero) is 1. The van der Waals surface area contributed by atoms with Crippen molar-refractivity contribution in [1.82, 2.24) is 0 Å². The fraction of sp³-hybridized carbons (Fsp3) is 0.591. The zero-order chi connectivity index (χ0) is 20.1. The molecule has 2 saturated carbocycles. The van der Waals surface area contributed by atoms with E-state index in [1.165, 1.54) is 0 Å². The van der Waals surface area contributed by atoms with Crippen LogP contribution in [-0.4, -0.2) is 34.0 Å². The van der Waals surface area contributed by atoms with Gasteiger partial charge in [-0.05, 0) is 74.0 Å². The molecule has 3 aliphatic rings. The van der Waals surface area contributed by atoms with Crippen LogP contribution in [0.3, 0.4) is 0 Å². The number of benzene rings is 1. The van der Waals surface area contributed by atoms with Crippen LogP contribution >= 0.6 is 0 Å². The van der Waals surface area contributed by atoms with Crippen LogP contribution in [-0.2, 0) is 20.7 Å². The average Bonchev–Trinajstić information content (AvgIpc) is 2.99. The first kappa shape index (κ1) is 18.9. The second-order valence-corrected chi connectivity index (χ2v) is 8.53. The van der Waals surface area contributed by atoms with Crippen LogP contribution in [0.1, 0.15) is 68.6 Å². The van der Waals surface area contributed by atoms with E-state index in [1.807, 2.05) is 6.07 Å². The number of rotatable bonds is 3. The Morgan fingerprint density at radius 2 is 2.11 bits per heavy atom. The summed E-state index contributed by atoms with van der Waals surface area (Å²) < 4.78 is 5.01. The van der Waals surface area contributed by atoms with Crippen molar-refractivity contribution >= 4 is 17.5 Å². The molecule has 6 heteroatoms. The van der Waals surface area contributed by atoms with Gasteiger partial charge < -0.3 is 15.4 Å². The molecule has 0 bridgehead atoms. The van der Waals surface area contributed by atoms with E-state index < -0.39 is 5.97 Å². The van der Waals surface area contributed by atoms with Gasteiger partial charge in [-0.3, -0.25) is 4.79 Å². The number of nitrogens with zero attached hydrogens (tertiary/aromatic N) is 2. The lowest BCUT2D eigenvalue weighted by Gasteiger charge is -2.48. The highest BCUT2D eigenvalue weighted by Crippen LogP contribution is 2.59. The van der Waals surface area contributed by atoms with Gasteiger partial charge in [0.25, 0.3) is 0 Å². The summed E-state index contributed by atoms with van der Waals surface area (Å²) in [5, 5.41) is 10.5. The molecule has 0 radical (unpaired) electrons. The molecular formula is C22H26N2O4. The van der Waals surface area contributed by atoms with E-state index in [1.54, 1.807) is 13.0 Å². The van der Waals surface area contributed by atoms with Crippen molar-refractivity contribution in [3.63, 3.8) is 0 Å². The minimum atomic E-state index is -0.742. The van der Waals surface area contributed by atoms with E-state index in [-0.39, 0.29) is 29.0 Å². The number of phenols is 1. The molecular weight excluding hydrogens is 356 g/mol. The number of esters is 1. The minimum absolute atomic E-state index is 0.0743. The minimum Gasteiger partial charge on any atom is -0.507 e. The quantitative estimate of drug-likeness (QED) is 0.375. The van der Waals surface area contributed by atoms with Crippen molar-refractivity contribution in [2.24, 2.45) is 17.3 Å². The molecule has 1 aromatic rings. The number of aromatic hydroxyl groups is 1. The van der Waals surface area contributed by atoms with Crippen LogP contribution in [0.4, 0.5) is 0 Å². The topological polar surface area (TPSA) is 100 Å². The third kappa shape index (κ3) is 2.62. The number of phenolic OH excluding ortho intramolecular Hbond substituents is 1. The molecule has 0 heterocycles. The first-order valence-corrected chi connectivity index (χ1v) is 10.2. The zero-order valence-electron chi connectivity index (χ0n) is 16.4. The van der Waals surface area contributed by atoms with Crippen molar-refractivity contribution in [1.29, 1.82) is 0 Å². The van der Waals surface area contributed by atoms with Crippen LogP contribution in [0.25, 0.3) is 5.53 Å². The molecule has 0 spiro atoms. The lowest BCUT2D eigenvalue weighted by atomic mass is 9.55. The summed E-state index contributed by atoms with van der Waals surface area (Å²) in [4.78, 5) is 27.9. The van der Waals surface area contributed by atoms with Crippen LogP contribution in [0.2, 0.25) is 0 Å². The lowest BCUT2D eigenvalue weighted by Crippen LogP contribution is -2.42. The third-order valence-electron chi connectivity index (χ3n) is 7.41. The second kappa shape index (κ2) is 6.85. The van der Waals surface area contributed by atoms with Gasteiger partial charge in [-0.25, -0.2) is 4.79 Å². The molecule has 6 nitrogen and oxygen atoms in total. The molecule has 0 aromatic heterocycles. The molecule has 28 heavy (non-hydrogen) atoms. The standard InChI is InChI=1S/C22H26N2O4/c1-3-28-21(27)20(24-23)19-15-5-4-14-13(12(15)6-8-17(19)25)10-11-22(2)16(14)7-9-18(22)26/h6,8,13-14,16,25H,3-5,7,9-11H2,1-2H3/t13-,14-,16+,22+/m1/s1. The Balaban J connectivity index is 1.76. The van der Waals surface area contributed by atoms with Gasteiger partial charge >= 0.3 is 11.7 Å². The normalized spacial score (nSPS) is 30.6. The Bertz CT molecular complexity index is 902. The fourth-order valence-corrected chi connectivity index (χ4v) is 6.08. The number of hydrogen-bond donors (Lipinski definition) is 1. The lowest BCUT2D eigenvalue weighted by molar-refractivity contribution is -0.139. The van der Waals surface area contributed by atoms with Gasteiger partial charge in [0, 0.05) is 11.8 Å². The predicted octanol–water partition coefficient (Wildman–Crippen LogP) is 3.40. The van der Waals surface area contributed by atoms with Crippen LogP contribution in [0.5, 0.6) is 5.75 Å². The largest absolute Gasteiger partial charge is 0.507 e. The van der Waals surface area contributed by atoms with Gasteiger partial charge in [0.05, 0.1) is 6.61 Å². The molecule has 4 rings (SSSR count). The SMILES string of the molecule is CCOC(=O)C(=[N+]=[N-])c1c(O)ccc2c1CC[C@@H]1[C@@H]2CC[C@]2(C)C(=O)CC[C@@H]12. The van der Waals surface area contributed by atoms with Crippen molar-refractivity contribution < 1.29 is 24.2 Å². The molecule has 3 aliphatic carbocycles. The van der Waals surface area contributed by atoms with E-state index in [9.17, 15) is 20.2 Å². The first-order chi connectivity index (χ1) is 13.4. The van der Waals surface area contributed by atoms with E-state index in [0.717, 1.165) is 36.8 Å². The first-order valence-electron chi connectivity index (χ1n) is 10.2. The van der Waals surface area contributed by atoms with E-state index in [2.05, 4.69) is 11.7 Å². The van der Waals surface area contributed by atoms with Gasteiger partial charge in [0.1, 0.15) is 17.1 Å². The maximum absolute atomic E-state index is 12.5. The van der Waals surface area contributed by atoms with Crippen molar-refractivity contribution in [3.8, 4) is 5.75 Å². The van der Waals surface area contributed by atoms with Crippen molar-refractivity contribution in [3.05, 3.63) is 34.4 Å². The zero-order valence-corrected chi connectivity index (χ0v) is 16.4. The van der Waals surface area contributed by atoms with Crippen LogP contribution in [0.15, 0.2) is 12.1 Å². The summed E-state index contributed by atoms with van der Waals surface area (Å²) in [6.07, 6.45) is 5.03. The van der Waals surface area contributed by atoms with Gasteiger partial charge in [0.15, 0.2) is 0 Å². The summed E-state index contributed by atoms with van der Waals surface area (Å²) in [5.74, 6) is 0.731. The number of carbonyl (C=O) groups is 2. The Labute approximate surface area is 164 Å². The van der Waals surface area contributed by atoms with Crippen molar-refractivity contribution in [2.45, 2.75) is 58.3 Å². The monoisotopic (exact) mass is 382 g/mol. The fourth-order valence-electron chi connectivity index (χ4n) is 6.08. The molecule has 0 unspecified atom stereocenters. The Morgan fingerprint density at radius 1 is 1.32 bits per heavy atom. The number of ketones is 1. The molecule has 1 N–H and O–H groups in total. The highest BCUT2D eigenvalue weighted by molar-refractivity contribution is 6.41. The molecule has 0 amide bonds. The molecule has 0 saturated heterocycles. The summed E-state index contributed by atoms with van der Waals surface area (Å²) in [6.45, 7) is 3.98.